The molecule has 8 aromatic heterocycles. The molecule has 0 radical (unpaired) electrons. The van der Waals surface area contributed by atoms with E-state index in [0.29, 0.717) is 104 Å². The Morgan fingerprint density at radius 3 is 0.810 bits per heavy atom. The fourth-order valence-corrected chi connectivity index (χ4v) is 13.2. The largest absolute Gasteiger partial charge is 2.00 e. The van der Waals surface area contributed by atoms with E-state index >= 15 is 0 Å². The van der Waals surface area contributed by atoms with Gasteiger partial charge in [-0.3, -0.25) is 39.9 Å². The summed E-state index contributed by atoms with van der Waals surface area (Å²) in [4.78, 5) is 41.1. The van der Waals surface area contributed by atoms with Crippen molar-refractivity contribution >= 4 is 92.4 Å². The molecule has 16 N–H and O–H groups in total. The number of alkyl halides is 3. The zero-order valence-electron chi connectivity index (χ0n) is 77.8. The maximum atomic E-state index is 12.4. The van der Waals surface area contributed by atoms with E-state index in [1.54, 1.807) is 87.5 Å². The standard InChI is InChI=1S/C31H22N8.C31H28N6.C26H26N6.C21H21F3N6.4Pt/c1-35-28(34)19-21-37-30-17-9-15-27(39-30)31(23-10-4-2-5-11-23,24-12-6-3-7-13-24)26-14-8-16-29(38-26)36-20-18-25(33)22-32;1-31(2,27-15-9-17-29(36-27)34-21-19-25(32)23-11-5-3-6-12-23)28-16-10-18-30(37-28)35-22-20-26(33)24-13-7-4-8-14-24;1-19(27)15-17-29-24-13-7-11-22(31-24)26(3,21-9-5-4-6-10-21)23-12-8-14-25(32-23)30-18-16-20(2)28;1-14(25)10-12-27-18-8-4-6-16(29-18)20(2,3)17-7-5-9-19(30-17)28-13-11-15(26)21(22,23)24;;;;/h2-19,33-34H,(H,36,38)(H,37,39);3-20,32-33H,1-2H3,(H,34,36)(H,35,37);4-16,27-28H,1-3H3,(H,29,31)(H,30,32);4-11,25-26H,1-3H3,(H,27,29)(H,28,30);;;;/q4*-2;4*+2. The van der Waals surface area contributed by atoms with E-state index in [2.05, 4.69) is 140 Å². The van der Waals surface area contributed by atoms with Crippen LogP contribution in [0.2, 0.25) is 0 Å². The van der Waals surface area contributed by atoms with Gasteiger partial charge in [0.05, 0.1) is 11.5 Å². The van der Waals surface area contributed by atoms with Gasteiger partial charge in [-0.2, -0.15) is 13.2 Å². The smallest absolute Gasteiger partial charge is 0.453 e. The fourth-order valence-electron chi connectivity index (χ4n) is 13.2. The second-order valence-corrected chi connectivity index (χ2v) is 31.3. The zero-order valence-corrected chi connectivity index (χ0v) is 86.9. The Bertz CT molecular complexity index is 6500. The Balaban J connectivity index is 0.000000289. The predicted molar refractivity (Wildman–Crippen MR) is 542 cm³/mol. The molecule has 13 aromatic rings. The molecule has 8 heterocycles. The van der Waals surface area contributed by atoms with Crippen LogP contribution in [0, 0.1) is 111 Å². The van der Waals surface area contributed by atoms with Gasteiger partial charge in [-0.1, -0.05) is 317 Å². The van der Waals surface area contributed by atoms with Gasteiger partial charge in [0.15, 0.2) is 0 Å². The minimum absolute atomic E-state index is 0. The van der Waals surface area contributed by atoms with Gasteiger partial charge in [0, 0.05) is 114 Å². The SMILES string of the molecule is CC(=N)C=[C-]Nc1cccc(C(C)(C)c2cccc(N[C-]=CC(=N)C(F)(F)F)n2)n1.CC(=N)C=[C-]Nc1cccc(C(C)(c2ccccc2)c2cccc(N[C-]=CC(C)=N)n2)n1.CC(C)(c1cccc(N[C-]=CC(=N)c2ccccc2)n1)c1cccc(N[C-]=CC(=N)c2ccccc2)n1.[C-]#[N+]C(=N)C=[C-]Nc1cccc(C(c2ccccc2)(c2ccccc2)c2cccc(N[C-]=CC(=N)C#N)n2)n1.[Pt+2].[Pt+2].[Pt+2].[Pt+2]. The Morgan fingerprint density at radius 1 is 0.303 bits per heavy atom. The number of nitriles is 1. The number of halogens is 3. The summed E-state index contributed by atoms with van der Waals surface area (Å²) < 4.78 is 37.1. The van der Waals surface area contributed by atoms with Crippen molar-refractivity contribution in [1.29, 1.82) is 48.5 Å². The van der Waals surface area contributed by atoms with E-state index in [0.717, 1.165) is 50.6 Å². The topological polar surface area (TPSA) is 418 Å². The number of hydrogen-bond donors (Lipinski definition) is 16. The summed E-state index contributed by atoms with van der Waals surface area (Å²) in [6.07, 6.45) is 28.2. The summed E-state index contributed by atoms with van der Waals surface area (Å²) in [6.45, 7) is 22.0. The average molecular weight is 2610 g/mol. The third-order valence-electron chi connectivity index (χ3n) is 20.4. The first-order valence-electron chi connectivity index (χ1n) is 42.7. The molecular weight excluding hydrogens is 2510 g/mol. The Kier molecular flexibility index (Phi) is 46.4. The number of amidine groups is 1. The van der Waals surface area contributed by atoms with E-state index in [9.17, 15) is 13.2 Å². The Labute approximate surface area is 883 Å². The molecule has 0 saturated carbocycles. The van der Waals surface area contributed by atoms with Crippen LogP contribution in [0.3, 0.4) is 0 Å². The maximum Gasteiger partial charge on any atom is 2.00 e. The van der Waals surface area contributed by atoms with E-state index in [4.69, 9.17) is 85.0 Å². The first-order chi connectivity index (χ1) is 66.4. The predicted octanol–water partition coefficient (Wildman–Crippen LogP) is 22.4. The van der Waals surface area contributed by atoms with E-state index in [1.165, 1.54) is 18.2 Å². The van der Waals surface area contributed by atoms with Gasteiger partial charge in [0.1, 0.15) is 5.41 Å². The molecule has 0 atom stereocenters. The number of benzene rings is 5. The molecular formula is C109H97F3N26Pt4. The van der Waals surface area contributed by atoms with Crippen LogP contribution in [-0.4, -0.2) is 91.9 Å². The van der Waals surface area contributed by atoms with Gasteiger partial charge < -0.3 is 85.2 Å². The molecule has 142 heavy (non-hydrogen) atoms. The molecule has 0 amide bonds. The number of nitrogens with zero attached hydrogens (tertiary/aromatic N) is 10. The summed E-state index contributed by atoms with van der Waals surface area (Å²) in [5.74, 6) is 4.09. The monoisotopic (exact) mass is 2610 g/mol. The molecule has 13 rings (SSSR count). The van der Waals surface area contributed by atoms with E-state index in [1.807, 2.05) is 263 Å². The molecule has 0 spiro atoms. The molecule has 0 bridgehead atoms. The van der Waals surface area contributed by atoms with Gasteiger partial charge in [-0.05, 0) is 111 Å². The van der Waals surface area contributed by atoms with E-state index in [-0.39, 0.29) is 95.8 Å². The van der Waals surface area contributed by atoms with Crippen molar-refractivity contribution in [2.45, 2.75) is 83.2 Å². The summed E-state index contributed by atoms with van der Waals surface area (Å²) in [7, 11) is 0. The molecule has 0 aliphatic carbocycles. The minimum atomic E-state index is -4.72. The summed E-state index contributed by atoms with van der Waals surface area (Å²) in [6, 6.07) is 95.5. The van der Waals surface area contributed by atoms with Crippen molar-refractivity contribution in [3.63, 3.8) is 0 Å². The van der Waals surface area contributed by atoms with Crippen molar-refractivity contribution in [2.24, 2.45) is 0 Å². The number of allylic oxidation sites excluding steroid dienone is 7. The number of nitrogens with one attached hydrogen (secondary N) is 16. The molecule has 5 aromatic carbocycles. The Hall–Kier alpha value is -15.5. The van der Waals surface area contributed by atoms with Crippen molar-refractivity contribution in [2.75, 3.05) is 42.5 Å². The van der Waals surface area contributed by atoms with Gasteiger partial charge in [-0.15, -0.1) is 91.3 Å². The molecule has 0 aliphatic rings. The van der Waals surface area contributed by atoms with Crippen LogP contribution in [0.25, 0.3) is 4.85 Å². The van der Waals surface area contributed by atoms with Gasteiger partial charge in [0.25, 0.3) is 5.84 Å². The molecule has 26 nitrogen and oxygen atoms in total. The quantitative estimate of drug-likeness (QED) is 0.00744. The third kappa shape index (κ3) is 34.0. The van der Waals surface area contributed by atoms with Crippen molar-refractivity contribution in [3.8, 4) is 6.07 Å². The van der Waals surface area contributed by atoms with Crippen LogP contribution >= 0.6 is 0 Å². The van der Waals surface area contributed by atoms with Crippen LogP contribution in [0.15, 0.2) is 346 Å². The number of rotatable bonds is 37. The van der Waals surface area contributed by atoms with Gasteiger partial charge in [0.2, 0.25) is 0 Å². The second kappa shape index (κ2) is 57.1. The van der Waals surface area contributed by atoms with Crippen LogP contribution < -0.4 is 42.5 Å². The van der Waals surface area contributed by atoms with Crippen LogP contribution in [-0.2, 0) is 106 Å². The summed E-state index contributed by atoms with van der Waals surface area (Å²) in [5.41, 5.74) is 8.10. The van der Waals surface area contributed by atoms with Crippen LogP contribution in [0.4, 0.5) is 59.7 Å². The minimum Gasteiger partial charge on any atom is -0.453 e. The molecule has 33 heteroatoms. The third-order valence-corrected chi connectivity index (χ3v) is 20.4. The molecule has 724 valence electrons. The maximum absolute atomic E-state index is 12.4. The molecule has 0 aliphatic heterocycles. The number of pyridine rings is 8. The van der Waals surface area contributed by atoms with Gasteiger partial charge in [-0.25, -0.2) is 5.26 Å². The van der Waals surface area contributed by atoms with Crippen molar-refractivity contribution < 1.29 is 97.4 Å². The number of hydrogen-bond acceptors (Lipinski definition) is 25. The van der Waals surface area contributed by atoms with Crippen LogP contribution in [0.1, 0.15) is 129 Å². The zero-order chi connectivity index (χ0) is 98.9. The molecule has 0 unspecified atom stereocenters. The molecule has 0 fully saturated rings. The van der Waals surface area contributed by atoms with Crippen LogP contribution in [0.5, 0.6) is 0 Å². The first kappa shape index (κ1) is 115. The fraction of sp³-hybridized carbons (Fsp3) is 0.119. The number of anilines is 8. The van der Waals surface area contributed by atoms with Crippen molar-refractivity contribution in [1.82, 2.24) is 39.9 Å². The first-order valence-corrected chi connectivity index (χ1v) is 42.7. The van der Waals surface area contributed by atoms with E-state index < -0.39 is 33.5 Å². The summed E-state index contributed by atoms with van der Waals surface area (Å²) >= 11 is 0. The van der Waals surface area contributed by atoms with Crippen molar-refractivity contribution in [3.05, 3.63) is 480 Å². The second-order valence-electron chi connectivity index (χ2n) is 31.3. The normalized spacial score (nSPS) is 11.6. The molecule has 0 saturated heterocycles. The summed E-state index contributed by atoms with van der Waals surface area (Å²) in [5, 5.41) is 92.9. The Morgan fingerprint density at radius 2 is 0.535 bits per heavy atom. The number of aromatic nitrogens is 8. The average Bonchev–Trinajstić information content (AvgIpc) is 0.737. The van der Waals surface area contributed by atoms with Gasteiger partial charge >= 0.3 is 90.4 Å².